The number of alkyl halides is 8. The highest BCUT2D eigenvalue weighted by atomic mass is 19.4. The van der Waals surface area contributed by atoms with E-state index in [1.807, 2.05) is 0 Å². The maximum Gasteiger partial charge on any atom is 0.411 e. The maximum absolute atomic E-state index is 13.4. The molecule has 28 heavy (non-hydrogen) atoms. The van der Waals surface area contributed by atoms with Gasteiger partial charge in [0.15, 0.2) is 0 Å². The van der Waals surface area contributed by atoms with Gasteiger partial charge in [0, 0.05) is 0 Å². The zero-order valence-corrected chi connectivity index (χ0v) is 14.6. The Hall–Kier alpha value is -2.15. The number of carboxylic acid groups (broad SMARTS) is 1. The molecule has 14 heteroatoms. The molecular weight excluding hydrogens is 416 g/mol. The van der Waals surface area contributed by atoms with Crippen LogP contribution in [0.1, 0.15) is 27.2 Å². The first-order valence-electron chi connectivity index (χ1n) is 7.39. The highest BCUT2D eigenvalue weighted by molar-refractivity contribution is 5.81. The molecule has 0 unspecified atom stereocenters. The lowest BCUT2D eigenvalue weighted by Gasteiger charge is -2.33. The molecule has 0 rings (SSSR count). The highest BCUT2D eigenvalue weighted by Crippen LogP contribution is 2.52. The van der Waals surface area contributed by atoms with Gasteiger partial charge in [0.2, 0.25) is 0 Å². The van der Waals surface area contributed by atoms with Crippen LogP contribution in [0.3, 0.4) is 0 Å². The Kier molecular flexibility index (Phi) is 7.45. The van der Waals surface area contributed by atoms with E-state index in [0.717, 1.165) is 0 Å². The molecule has 0 aromatic carbocycles. The average Bonchev–Trinajstić information content (AvgIpc) is 2.57. The average molecular weight is 432 g/mol. The Morgan fingerprint density at radius 2 is 1.11 bits per heavy atom. The fraction of sp³-hybridized carbons (Fsp3) is 0.786. The number of carboxylic acids is 1. The van der Waals surface area contributed by atoms with Gasteiger partial charge in [-0.1, -0.05) is 6.92 Å². The number of carbonyl (C=O) groups excluding carboxylic acids is 2. The largest absolute Gasteiger partial charge is 0.477 e. The van der Waals surface area contributed by atoms with E-state index >= 15 is 0 Å². The molecule has 0 radical (unpaired) electrons. The third-order valence-electron chi connectivity index (χ3n) is 3.69. The summed E-state index contributed by atoms with van der Waals surface area (Å²) in [4.78, 5) is 32.6. The minimum absolute atomic E-state index is 0.281. The summed E-state index contributed by atoms with van der Waals surface area (Å²) in [5, 5.41) is 7.88. The van der Waals surface area contributed by atoms with Gasteiger partial charge < -0.3 is 14.6 Å². The fourth-order valence-corrected chi connectivity index (χ4v) is 1.36. The van der Waals surface area contributed by atoms with Gasteiger partial charge in [-0.15, -0.1) is 0 Å². The second kappa shape index (κ2) is 8.07. The molecule has 164 valence electrons. The first kappa shape index (κ1) is 25.9. The lowest BCUT2D eigenvalue weighted by molar-refractivity contribution is -0.354. The summed E-state index contributed by atoms with van der Waals surface area (Å²) in [5.74, 6) is -35.5. The molecule has 0 aromatic heterocycles. The molecule has 0 aliphatic rings. The Bertz CT molecular complexity index is 617. The van der Waals surface area contributed by atoms with E-state index in [1.165, 1.54) is 13.8 Å². The van der Waals surface area contributed by atoms with Crippen LogP contribution in [0.2, 0.25) is 0 Å². The molecule has 0 heterocycles. The van der Waals surface area contributed by atoms with Gasteiger partial charge in [0.05, 0.1) is 5.41 Å². The van der Waals surface area contributed by atoms with Crippen LogP contribution < -0.4 is 0 Å². The number of rotatable bonds is 10. The normalized spacial score (nSPS) is 13.8. The van der Waals surface area contributed by atoms with Crippen molar-refractivity contribution in [3.63, 3.8) is 0 Å². The molecule has 6 nitrogen and oxygen atoms in total. The third kappa shape index (κ3) is 4.46. The van der Waals surface area contributed by atoms with Crippen LogP contribution in [-0.2, 0) is 23.9 Å². The molecule has 0 saturated heterocycles. The molecule has 0 atom stereocenters. The van der Waals surface area contributed by atoms with E-state index in [9.17, 15) is 49.5 Å². The van der Waals surface area contributed by atoms with Crippen molar-refractivity contribution in [3.05, 3.63) is 0 Å². The molecule has 0 fully saturated rings. The predicted octanol–water partition coefficient (Wildman–Crippen LogP) is 3.13. The number of carbonyl (C=O) groups is 3. The van der Waals surface area contributed by atoms with E-state index in [4.69, 9.17) is 5.11 Å². The maximum atomic E-state index is 13.4. The van der Waals surface area contributed by atoms with Crippen LogP contribution >= 0.6 is 0 Å². The van der Waals surface area contributed by atoms with Crippen molar-refractivity contribution in [2.75, 3.05) is 13.2 Å². The first-order chi connectivity index (χ1) is 12.3. The van der Waals surface area contributed by atoms with Gasteiger partial charge in [-0.2, -0.15) is 35.1 Å². The van der Waals surface area contributed by atoms with Crippen molar-refractivity contribution < 1.29 is 64.1 Å². The van der Waals surface area contributed by atoms with E-state index in [2.05, 4.69) is 9.47 Å². The van der Waals surface area contributed by atoms with Gasteiger partial charge >= 0.3 is 41.6 Å². The van der Waals surface area contributed by atoms with E-state index < -0.39 is 60.2 Å². The minimum Gasteiger partial charge on any atom is -0.477 e. The number of hydrogen-bond acceptors (Lipinski definition) is 5. The molecule has 0 aromatic rings. The molecule has 0 saturated carbocycles. The summed E-state index contributed by atoms with van der Waals surface area (Å²) in [7, 11) is 0. The molecular formula is C14H16F8O6. The summed E-state index contributed by atoms with van der Waals surface area (Å²) in [5.41, 5.74) is -1.02. The van der Waals surface area contributed by atoms with Gasteiger partial charge in [-0.25, -0.2) is 9.59 Å². The lowest BCUT2D eigenvalue weighted by atomic mass is 9.91. The Balaban J connectivity index is 5.21. The summed E-state index contributed by atoms with van der Waals surface area (Å²) in [6.07, 6.45) is 0.281. The smallest absolute Gasteiger partial charge is 0.411 e. The topological polar surface area (TPSA) is 89.9 Å². The SMILES string of the molecule is CCC(C)(C)C(=O)OCCOC(=O)C(F)(F)C(F)(F)C(F)(F)C(F)(F)C(=O)O. The zero-order chi connectivity index (χ0) is 22.8. The predicted molar refractivity (Wildman–Crippen MR) is 73.4 cm³/mol. The van der Waals surface area contributed by atoms with Crippen LogP contribution in [0, 0.1) is 5.41 Å². The van der Waals surface area contributed by atoms with Gasteiger partial charge in [0.1, 0.15) is 13.2 Å². The number of esters is 2. The zero-order valence-electron chi connectivity index (χ0n) is 14.6. The first-order valence-corrected chi connectivity index (χ1v) is 7.39. The summed E-state index contributed by atoms with van der Waals surface area (Å²) >= 11 is 0. The van der Waals surface area contributed by atoms with Crippen LogP contribution in [0.4, 0.5) is 35.1 Å². The van der Waals surface area contributed by atoms with Gasteiger partial charge in [-0.05, 0) is 20.3 Å². The summed E-state index contributed by atoms with van der Waals surface area (Å²) in [6.45, 7) is 2.26. The van der Waals surface area contributed by atoms with E-state index in [-0.39, 0.29) is 6.42 Å². The third-order valence-corrected chi connectivity index (χ3v) is 3.69. The molecule has 1 N–H and O–H groups in total. The number of hydrogen-bond donors (Lipinski definition) is 1. The molecule has 0 aliphatic heterocycles. The Morgan fingerprint density at radius 1 is 0.750 bits per heavy atom. The van der Waals surface area contributed by atoms with Crippen LogP contribution in [0.15, 0.2) is 0 Å². The Morgan fingerprint density at radius 3 is 1.46 bits per heavy atom. The standard InChI is InChI=1S/C14H16F8O6/c1-4-10(2,3)8(25)27-5-6-28-9(26)12(17,18)14(21,22)13(19,20)11(15,16)7(23)24/h4-6H2,1-3H3,(H,23,24). The van der Waals surface area contributed by atoms with Crippen LogP contribution in [0.5, 0.6) is 0 Å². The van der Waals surface area contributed by atoms with Crippen molar-refractivity contribution in [2.24, 2.45) is 5.41 Å². The van der Waals surface area contributed by atoms with Gasteiger partial charge in [0.25, 0.3) is 0 Å². The second-order valence-corrected chi connectivity index (χ2v) is 6.11. The minimum atomic E-state index is -7.15. The molecule has 0 spiro atoms. The molecule has 0 bridgehead atoms. The highest BCUT2D eigenvalue weighted by Gasteiger charge is 2.85. The summed E-state index contributed by atoms with van der Waals surface area (Å²) < 4.78 is 113. The Labute approximate surface area is 152 Å². The van der Waals surface area contributed by atoms with Crippen molar-refractivity contribution in [3.8, 4) is 0 Å². The van der Waals surface area contributed by atoms with Crippen molar-refractivity contribution in [1.82, 2.24) is 0 Å². The fourth-order valence-electron chi connectivity index (χ4n) is 1.36. The number of halogens is 8. The lowest BCUT2D eigenvalue weighted by Crippen LogP contribution is -2.66. The molecule has 0 amide bonds. The second-order valence-electron chi connectivity index (χ2n) is 6.11. The quantitative estimate of drug-likeness (QED) is 0.324. The van der Waals surface area contributed by atoms with Crippen molar-refractivity contribution in [1.29, 1.82) is 0 Å². The monoisotopic (exact) mass is 432 g/mol. The van der Waals surface area contributed by atoms with Crippen molar-refractivity contribution >= 4 is 17.9 Å². The van der Waals surface area contributed by atoms with E-state index in [0.29, 0.717) is 0 Å². The van der Waals surface area contributed by atoms with Crippen molar-refractivity contribution in [2.45, 2.75) is 50.9 Å². The van der Waals surface area contributed by atoms with Crippen LogP contribution in [0.25, 0.3) is 0 Å². The van der Waals surface area contributed by atoms with E-state index in [1.54, 1.807) is 6.92 Å². The summed E-state index contributed by atoms with van der Waals surface area (Å²) in [6, 6.07) is 0. The van der Waals surface area contributed by atoms with Crippen LogP contribution in [-0.4, -0.2) is 59.9 Å². The number of ether oxygens (including phenoxy) is 2. The van der Waals surface area contributed by atoms with Gasteiger partial charge in [-0.3, -0.25) is 4.79 Å². The number of aliphatic carboxylic acids is 1. The molecule has 0 aliphatic carbocycles.